The smallest absolute Gasteiger partial charge is 0.247 e. The first-order valence-corrected chi connectivity index (χ1v) is 10.4. The summed E-state index contributed by atoms with van der Waals surface area (Å²) in [5, 5.41) is 1.82. The number of benzene rings is 1. The molecule has 0 unspecified atom stereocenters. The summed E-state index contributed by atoms with van der Waals surface area (Å²) in [6, 6.07) is 5.31. The molecular weight excluding hydrogens is 386 g/mol. The maximum Gasteiger partial charge on any atom is 0.247 e. The Hall–Kier alpha value is -1.70. The lowest BCUT2D eigenvalue weighted by Crippen LogP contribution is -2.57. The Morgan fingerprint density at radius 2 is 2.04 bits per heavy atom. The van der Waals surface area contributed by atoms with Crippen LogP contribution in [0, 0.1) is 0 Å². The number of carbonyl (C=O) groups excluding carboxylic acids is 2. The summed E-state index contributed by atoms with van der Waals surface area (Å²) < 4.78 is 6.59. The van der Waals surface area contributed by atoms with Crippen molar-refractivity contribution >= 4 is 45.0 Å². The fraction of sp³-hybridized carbons (Fsp3) is 0.526. The standard InChI is InChI=1S/C19H22ClN3O3S/c1-12(24)23-8-9-26-11-16(23)19(25)22-6-4-13(5-7-22)18-21-15-10-14(20)2-3-17(15)27-18/h2-3,10,13,16H,4-9,11H2,1H3/t16-/m0/s1. The van der Waals surface area contributed by atoms with Gasteiger partial charge >= 0.3 is 0 Å². The van der Waals surface area contributed by atoms with E-state index in [-0.39, 0.29) is 18.4 Å². The second kappa shape index (κ2) is 7.73. The van der Waals surface area contributed by atoms with Crippen molar-refractivity contribution in [2.24, 2.45) is 0 Å². The van der Waals surface area contributed by atoms with Gasteiger partial charge < -0.3 is 14.5 Å². The number of likely N-dealkylation sites (tertiary alicyclic amines) is 1. The molecule has 1 atom stereocenters. The predicted octanol–water partition coefficient (Wildman–Crippen LogP) is 2.90. The summed E-state index contributed by atoms with van der Waals surface area (Å²) in [6.07, 6.45) is 1.76. The molecule has 2 aliphatic heterocycles. The lowest BCUT2D eigenvalue weighted by molar-refractivity contribution is -0.153. The summed E-state index contributed by atoms with van der Waals surface area (Å²) in [5.74, 6) is 0.288. The van der Waals surface area contributed by atoms with Crippen LogP contribution in [0.5, 0.6) is 0 Å². The highest BCUT2D eigenvalue weighted by atomic mass is 35.5. The van der Waals surface area contributed by atoms with Gasteiger partial charge in [0, 0.05) is 37.5 Å². The van der Waals surface area contributed by atoms with Gasteiger partial charge in [0.1, 0.15) is 6.04 Å². The van der Waals surface area contributed by atoms with Crippen LogP contribution >= 0.6 is 22.9 Å². The number of rotatable bonds is 2. The quantitative estimate of drug-likeness (QED) is 0.767. The molecule has 1 aromatic carbocycles. The number of hydrogen-bond acceptors (Lipinski definition) is 5. The van der Waals surface area contributed by atoms with Gasteiger partial charge in [0.2, 0.25) is 11.8 Å². The molecule has 4 rings (SSSR count). The minimum Gasteiger partial charge on any atom is -0.377 e. The van der Waals surface area contributed by atoms with Gasteiger partial charge in [-0.2, -0.15) is 0 Å². The first-order valence-electron chi connectivity index (χ1n) is 9.22. The van der Waals surface area contributed by atoms with Gasteiger partial charge in [0.15, 0.2) is 0 Å². The molecule has 2 fully saturated rings. The van der Waals surface area contributed by atoms with Crippen LogP contribution in [0.1, 0.15) is 30.7 Å². The molecule has 2 amide bonds. The van der Waals surface area contributed by atoms with Crippen molar-refractivity contribution in [1.82, 2.24) is 14.8 Å². The SMILES string of the molecule is CC(=O)N1CCOC[C@H]1C(=O)N1CCC(c2nc3cc(Cl)ccc3s2)CC1. The van der Waals surface area contributed by atoms with Gasteiger partial charge in [0.05, 0.1) is 28.4 Å². The Balaban J connectivity index is 1.41. The Morgan fingerprint density at radius 1 is 1.26 bits per heavy atom. The van der Waals surface area contributed by atoms with Gasteiger partial charge in [-0.3, -0.25) is 9.59 Å². The predicted molar refractivity (Wildman–Crippen MR) is 105 cm³/mol. The first-order chi connectivity index (χ1) is 13.0. The van der Waals surface area contributed by atoms with Crippen LogP contribution in [-0.2, 0) is 14.3 Å². The first kappa shape index (κ1) is 18.7. The molecule has 0 spiro atoms. The van der Waals surface area contributed by atoms with Gasteiger partial charge in [-0.05, 0) is 31.0 Å². The molecule has 27 heavy (non-hydrogen) atoms. The highest BCUT2D eigenvalue weighted by Crippen LogP contribution is 2.35. The molecule has 2 aromatic rings. The average Bonchev–Trinajstić information content (AvgIpc) is 3.10. The molecule has 1 aromatic heterocycles. The van der Waals surface area contributed by atoms with Crippen molar-refractivity contribution in [2.45, 2.75) is 31.7 Å². The molecule has 2 aliphatic rings. The number of morpholine rings is 1. The zero-order valence-electron chi connectivity index (χ0n) is 15.2. The number of amides is 2. The number of carbonyl (C=O) groups is 2. The van der Waals surface area contributed by atoms with Gasteiger partial charge in [-0.1, -0.05) is 11.6 Å². The number of fused-ring (bicyclic) bond motifs is 1. The van der Waals surface area contributed by atoms with Crippen LogP contribution in [0.15, 0.2) is 18.2 Å². The lowest BCUT2D eigenvalue weighted by Gasteiger charge is -2.39. The number of aromatic nitrogens is 1. The molecule has 6 nitrogen and oxygen atoms in total. The van der Waals surface area contributed by atoms with E-state index in [0.29, 0.717) is 37.2 Å². The third kappa shape index (κ3) is 3.81. The van der Waals surface area contributed by atoms with E-state index in [1.165, 1.54) is 6.92 Å². The number of nitrogens with zero attached hydrogens (tertiary/aromatic N) is 3. The van der Waals surface area contributed by atoms with Crippen LogP contribution < -0.4 is 0 Å². The van der Waals surface area contributed by atoms with Crippen molar-refractivity contribution in [1.29, 1.82) is 0 Å². The van der Waals surface area contributed by atoms with Crippen LogP contribution in [0.3, 0.4) is 0 Å². The molecule has 3 heterocycles. The zero-order chi connectivity index (χ0) is 19.0. The molecule has 0 aliphatic carbocycles. The molecule has 0 bridgehead atoms. The van der Waals surface area contributed by atoms with Crippen molar-refractivity contribution < 1.29 is 14.3 Å². The van der Waals surface area contributed by atoms with Crippen molar-refractivity contribution in [3.8, 4) is 0 Å². The minimum absolute atomic E-state index is 0.000526. The van der Waals surface area contributed by atoms with E-state index in [4.69, 9.17) is 21.3 Å². The Kier molecular flexibility index (Phi) is 5.34. The largest absolute Gasteiger partial charge is 0.377 e. The molecule has 144 valence electrons. The Labute approximate surface area is 167 Å². The number of piperidine rings is 1. The van der Waals surface area contributed by atoms with E-state index in [9.17, 15) is 9.59 Å². The van der Waals surface area contributed by atoms with Crippen LogP contribution in [0.25, 0.3) is 10.2 Å². The average molecular weight is 408 g/mol. The topological polar surface area (TPSA) is 62.7 Å². The van der Waals surface area contributed by atoms with Gasteiger partial charge in [-0.25, -0.2) is 4.98 Å². The highest BCUT2D eigenvalue weighted by molar-refractivity contribution is 7.18. The number of halogens is 1. The monoisotopic (exact) mass is 407 g/mol. The van der Waals surface area contributed by atoms with E-state index in [1.54, 1.807) is 16.2 Å². The second-order valence-electron chi connectivity index (χ2n) is 7.07. The van der Waals surface area contributed by atoms with Crippen LogP contribution in [0.2, 0.25) is 5.02 Å². The molecule has 0 saturated carbocycles. The van der Waals surface area contributed by atoms with Crippen molar-refractivity contribution in [2.75, 3.05) is 32.8 Å². The summed E-state index contributed by atoms with van der Waals surface area (Å²) in [7, 11) is 0. The zero-order valence-corrected chi connectivity index (χ0v) is 16.8. The van der Waals surface area contributed by atoms with Crippen LogP contribution in [0.4, 0.5) is 0 Å². The fourth-order valence-electron chi connectivity index (χ4n) is 3.84. The van der Waals surface area contributed by atoms with E-state index >= 15 is 0 Å². The third-order valence-electron chi connectivity index (χ3n) is 5.34. The Morgan fingerprint density at radius 3 is 2.78 bits per heavy atom. The van der Waals surface area contributed by atoms with Crippen LogP contribution in [-0.4, -0.2) is 65.5 Å². The summed E-state index contributed by atoms with van der Waals surface area (Å²) in [5.41, 5.74) is 0.942. The summed E-state index contributed by atoms with van der Waals surface area (Å²) in [4.78, 5) is 33.0. The van der Waals surface area contributed by atoms with E-state index in [1.807, 2.05) is 23.1 Å². The molecule has 2 saturated heterocycles. The van der Waals surface area contributed by atoms with Gasteiger partial charge in [-0.15, -0.1) is 11.3 Å². The normalized spacial score (nSPS) is 21.6. The second-order valence-corrected chi connectivity index (χ2v) is 8.57. The number of hydrogen-bond donors (Lipinski definition) is 0. The van der Waals surface area contributed by atoms with E-state index < -0.39 is 6.04 Å². The Bertz CT molecular complexity index is 863. The lowest BCUT2D eigenvalue weighted by atomic mass is 9.97. The maximum atomic E-state index is 12.9. The third-order valence-corrected chi connectivity index (χ3v) is 6.77. The van der Waals surface area contributed by atoms with Crippen molar-refractivity contribution in [3.63, 3.8) is 0 Å². The molecule has 0 N–H and O–H groups in total. The summed E-state index contributed by atoms with van der Waals surface area (Å²) in [6.45, 7) is 4.14. The van der Waals surface area contributed by atoms with E-state index in [2.05, 4.69) is 0 Å². The number of thiazole rings is 1. The molecule has 0 radical (unpaired) electrons. The maximum absolute atomic E-state index is 12.9. The van der Waals surface area contributed by atoms with Crippen molar-refractivity contribution in [3.05, 3.63) is 28.2 Å². The van der Waals surface area contributed by atoms with E-state index in [0.717, 1.165) is 28.1 Å². The molecular formula is C19H22ClN3O3S. The van der Waals surface area contributed by atoms with Gasteiger partial charge in [0.25, 0.3) is 0 Å². The minimum atomic E-state index is -0.489. The highest BCUT2D eigenvalue weighted by Gasteiger charge is 2.36. The number of ether oxygens (including phenoxy) is 1. The fourth-order valence-corrected chi connectivity index (χ4v) is 5.12. The molecule has 8 heteroatoms. The summed E-state index contributed by atoms with van der Waals surface area (Å²) >= 11 is 7.77.